The molecule has 3 fully saturated rings. The first kappa shape index (κ1) is 29.9. The molecule has 210 valence electrons. The maximum Gasteiger partial charge on any atom is 0.264 e. The number of anilines is 1. The van der Waals surface area contributed by atoms with Crippen LogP contribution in [0.4, 0.5) is 14.5 Å². The quantitative estimate of drug-likeness (QED) is 0.230. The molecule has 2 N–H and O–H groups in total. The number of amides is 1. The third kappa shape index (κ3) is 7.99. The zero-order valence-corrected chi connectivity index (χ0v) is 23.9. The van der Waals surface area contributed by atoms with Crippen LogP contribution in [0.5, 0.6) is 0 Å². The van der Waals surface area contributed by atoms with Gasteiger partial charge in [-0.25, -0.2) is 8.78 Å². The molecule has 12 heteroatoms. The number of likely N-dealkylation sites (tertiary alicyclic amines) is 1. The van der Waals surface area contributed by atoms with E-state index in [9.17, 15) is 18.8 Å². The van der Waals surface area contributed by atoms with Gasteiger partial charge in [0.25, 0.3) is 5.91 Å². The lowest BCUT2D eigenvalue weighted by atomic mass is 9.95. The van der Waals surface area contributed by atoms with E-state index >= 15 is 0 Å². The Morgan fingerprint density at radius 2 is 2.05 bits per heavy atom. The van der Waals surface area contributed by atoms with Crippen LogP contribution in [0.1, 0.15) is 24.8 Å². The summed E-state index contributed by atoms with van der Waals surface area (Å²) in [7, 11) is 0. The monoisotopic (exact) mass is 596 g/mol. The third-order valence-corrected chi connectivity index (χ3v) is 8.50. The molecular formula is C27H31ClF2N4O3S2. The smallest absolute Gasteiger partial charge is 0.264 e. The summed E-state index contributed by atoms with van der Waals surface area (Å²) in [6.45, 7) is 3.22. The minimum Gasteiger partial charge on any atom is -0.383 e. The van der Waals surface area contributed by atoms with E-state index in [0.717, 1.165) is 36.2 Å². The first-order valence-corrected chi connectivity index (χ1v) is 15.1. The van der Waals surface area contributed by atoms with Gasteiger partial charge in [-0.3, -0.25) is 14.4 Å². The van der Waals surface area contributed by atoms with Crippen LogP contribution in [0.25, 0.3) is 0 Å². The topological polar surface area (TPSA) is 86.6 Å². The molecule has 2 atom stereocenters. The minimum absolute atomic E-state index is 0.0824. The van der Waals surface area contributed by atoms with E-state index in [2.05, 4.69) is 21.0 Å². The van der Waals surface area contributed by atoms with E-state index in [1.54, 1.807) is 36.0 Å². The summed E-state index contributed by atoms with van der Waals surface area (Å²) in [6, 6.07) is 12.0. The molecular weight excluding hydrogens is 566 g/mol. The normalized spacial score (nSPS) is 22.3. The molecule has 0 radical (unpaired) electrons. The van der Waals surface area contributed by atoms with Crippen molar-refractivity contribution < 1.29 is 23.0 Å². The molecule has 0 aliphatic carbocycles. The average molecular weight is 597 g/mol. The van der Waals surface area contributed by atoms with Crippen molar-refractivity contribution in [3.05, 3.63) is 52.8 Å². The zero-order valence-electron chi connectivity index (χ0n) is 21.6. The van der Waals surface area contributed by atoms with Crippen molar-refractivity contribution in [2.45, 2.75) is 46.9 Å². The van der Waals surface area contributed by atoms with Gasteiger partial charge in [-0.2, -0.15) is 5.26 Å². The fraction of sp³-hybridized carbons (Fsp3) is 0.481. The number of nitrogens with one attached hydrogen (secondary N) is 2. The highest BCUT2D eigenvalue weighted by Crippen LogP contribution is 2.36. The molecule has 2 unspecified atom stereocenters. The van der Waals surface area contributed by atoms with E-state index in [4.69, 9.17) is 21.1 Å². The summed E-state index contributed by atoms with van der Waals surface area (Å²) in [4.78, 5) is 16.5. The highest BCUT2D eigenvalue weighted by atomic mass is 35.5. The number of fused-ring (bicyclic) bond motifs is 2. The van der Waals surface area contributed by atoms with E-state index < -0.39 is 11.8 Å². The Labute approximate surface area is 241 Å². The van der Waals surface area contributed by atoms with Crippen LogP contribution in [0.15, 0.2) is 46.2 Å². The molecule has 2 bridgehead atoms. The van der Waals surface area contributed by atoms with Gasteiger partial charge in [0.05, 0.1) is 35.6 Å². The number of carbonyl (C=O) groups is 1. The summed E-state index contributed by atoms with van der Waals surface area (Å²) in [5, 5.41) is 13.1. The zero-order chi connectivity index (χ0) is 27.8. The number of rotatable bonds is 9. The summed E-state index contributed by atoms with van der Waals surface area (Å²) < 4.78 is 39.2. The Hall–Kier alpha value is -2.07. The van der Waals surface area contributed by atoms with E-state index in [1.165, 1.54) is 12.1 Å². The van der Waals surface area contributed by atoms with E-state index in [0.29, 0.717) is 53.8 Å². The SMILES string of the molecule is CSc1ccc(F)cc1.N#Cc1cc(SNC(=O)C23COC(CCO2)C3)cc(Cl)c1NCCCN1CC(F)C1. The van der Waals surface area contributed by atoms with Crippen molar-refractivity contribution in [2.24, 2.45) is 0 Å². The number of carbonyl (C=O) groups excluding carboxylic acids is 1. The van der Waals surface area contributed by atoms with Crippen molar-refractivity contribution >= 4 is 46.9 Å². The maximum absolute atomic E-state index is 12.8. The van der Waals surface area contributed by atoms with Crippen LogP contribution >= 0.6 is 35.3 Å². The molecule has 0 saturated carbocycles. The standard InChI is InChI=1S/C20H24ClFN4O3S.C7H7FS/c21-17-7-16(30-25-19(27)20-8-15(28-12-20)2-5-29-20)6-13(9-23)18(17)24-3-1-4-26-10-14(22)11-26;1-9-7-4-2-6(8)3-5-7/h6-7,14-15,24H,1-5,8,10-12H2,(H,25,27);2-5H,1H3. The Morgan fingerprint density at radius 3 is 2.74 bits per heavy atom. The highest BCUT2D eigenvalue weighted by molar-refractivity contribution is 7.98. The van der Waals surface area contributed by atoms with Crippen molar-refractivity contribution in [1.82, 2.24) is 9.62 Å². The number of hydrogen-bond acceptors (Lipinski definition) is 8. The summed E-state index contributed by atoms with van der Waals surface area (Å²) in [5.74, 6) is -0.402. The molecule has 2 aromatic rings. The largest absolute Gasteiger partial charge is 0.383 e. The first-order valence-electron chi connectivity index (χ1n) is 12.7. The molecule has 0 aromatic heterocycles. The van der Waals surface area contributed by atoms with Crippen LogP contribution in [-0.2, 0) is 14.3 Å². The van der Waals surface area contributed by atoms with Crippen LogP contribution in [0.2, 0.25) is 5.02 Å². The molecule has 3 heterocycles. The molecule has 39 heavy (non-hydrogen) atoms. The highest BCUT2D eigenvalue weighted by Gasteiger charge is 2.50. The van der Waals surface area contributed by atoms with Gasteiger partial charge in [0.1, 0.15) is 18.1 Å². The number of alkyl halides is 1. The van der Waals surface area contributed by atoms with Crippen molar-refractivity contribution in [3.8, 4) is 6.07 Å². The molecule has 7 nitrogen and oxygen atoms in total. The second kappa shape index (κ2) is 14.0. The second-order valence-electron chi connectivity index (χ2n) is 9.54. The number of halogens is 3. The van der Waals surface area contributed by atoms with Crippen molar-refractivity contribution in [3.63, 3.8) is 0 Å². The van der Waals surface area contributed by atoms with Gasteiger partial charge in [0.2, 0.25) is 0 Å². The number of hydrogen-bond donors (Lipinski definition) is 2. The van der Waals surface area contributed by atoms with Crippen LogP contribution in [-0.4, -0.2) is 74.3 Å². The number of ether oxygens (including phenoxy) is 2. The van der Waals surface area contributed by atoms with Gasteiger partial charge in [-0.15, -0.1) is 11.8 Å². The van der Waals surface area contributed by atoms with Crippen LogP contribution in [0, 0.1) is 17.1 Å². The van der Waals surface area contributed by atoms with E-state index in [1.807, 2.05) is 6.26 Å². The Balaban J connectivity index is 0.000000333. The third-order valence-electron chi connectivity index (χ3n) is 6.70. The predicted octanol–water partition coefficient (Wildman–Crippen LogP) is 5.29. The molecule has 3 aliphatic heterocycles. The molecule has 3 aliphatic rings. The molecule has 0 spiro atoms. The van der Waals surface area contributed by atoms with Gasteiger partial charge in [-0.05, 0) is 67.4 Å². The minimum atomic E-state index is -0.919. The Kier molecular flexibility index (Phi) is 10.7. The van der Waals surface area contributed by atoms with Gasteiger partial charge < -0.3 is 14.8 Å². The number of thioether (sulfide) groups is 1. The van der Waals surface area contributed by atoms with Gasteiger partial charge in [0.15, 0.2) is 5.60 Å². The van der Waals surface area contributed by atoms with E-state index in [-0.39, 0.29) is 24.4 Å². The lowest BCUT2D eigenvalue weighted by Crippen LogP contribution is -2.49. The lowest BCUT2D eigenvalue weighted by molar-refractivity contribution is -0.146. The van der Waals surface area contributed by atoms with Gasteiger partial charge >= 0.3 is 0 Å². The average Bonchev–Trinajstić information content (AvgIpc) is 3.23. The Bertz CT molecular complexity index is 1180. The number of nitrogens with zero attached hydrogens (tertiary/aromatic N) is 2. The summed E-state index contributed by atoms with van der Waals surface area (Å²) in [5.41, 5.74) is 0.0594. The van der Waals surface area contributed by atoms with Crippen molar-refractivity contribution in [2.75, 3.05) is 51.0 Å². The second-order valence-corrected chi connectivity index (χ2v) is 11.7. The van der Waals surface area contributed by atoms with Crippen LogP contribution in [0.3, 0.4) is 0 Å². The fourth-order valence-electron chi connectivity index (χ4n) is 4.52. The Morgan fingerprint density at radius 1 is 1.28 bits per heavy atom. The lowest BCUT2D eigenvalue weighted by Gasteiger charge is -2.34. The molecule has 1 amide bonds. The first-order chi connectivity index (χ1) is 18.8. The van der Waals surface area contributed by atoms with Gasteiger partial charge in [0, 0.05) is 42.4 Å². The summed E-state index contributed by atoms with van der Waals surface area (Å²) in [6.07, 6.45) is 3.55. The van der Waals surface area contributed by atoms with Crippen molar-refractivity contribution in [1.29, 1.82) is 5.26 Å². The summed E-state index contributed by atoms with van der Waals surface area (Å²) >= 11 is 9.11. The molecule has 3 saturated heterocycles. The maximum atomic E-state index is 12.8. The van der Waals surface area contributed by atoms with Gasteiger partial charge in [-0.1, -0.05) is 11.6 Å². The fourth-order valence-corrected chi connectivity index (χ4v) is 6.03. The molecule has 2 aromatic carbocycles. The van der Waals surface area contributed by atoms with Crippen LogP contribution < -0.4 is 10.0 Å². The predicted molar refractivity (Wildman–Crippen MR) is 150 cm³/mol. The number of benzene rings is 2. The molecule has 5 rings (SSSR count). The number of nitriles is 1.